The normalized spacial score (nSPS) is 10.2. The lowest BCUT2D eigenvalue weighted by Crippen LogP contribution is -2.06. The number of benzene rings is 2. The predicted octanol–water partition coefficient (Wildman–Crippen LogP) is 4.25. The highest BCUT2D eigenvalue weighted by molar-refractivity contribution is 14.1. The summed E-state index contributed by atoms with van der Waals surface area (Å²) >= 11 is 8.04. The minimum Gasteiger partial charge on any atom is -0.478 e. The molecule has 0 heterocycles. The van der Waals surface area contributed by atoms with Gasteiger partial charge in [-0.05, 0) is 58.5 Å². The van der Waals surface area contributed by atoms with Crippen molar-refractivity contribution in [3.63, 3.8) is 0 Å². The Labute approximate surface area is 129 Å². The summed E-state index contributed by atoms with van der Waals surface area (Å²) in [5.74, 6) is -0.993. The molecule has 0 aromatic heterocycles. The highest BCUT2D eigenvalue weighted by Gasteiger charge is 2.10. The maximum Gasteiger partial charge on any atom is 0.337 e. The number of nitrogens with one attached hydrogen (secondary N) is 1. The summed E-state index contributed by atoms with van der Waals surface area (Å²) < 4.78 is 1.17. The van der Waals surface area contributed by atoms with Crippen molar-refractivity contribution in [2.75, 3.05) is 5.32 Å². The average Bonchev–Trinajstić information content (AvgIpc) is 2.39. The van der Waals surface area contributed by atoms with E-state index in [1.807, 2.05) is 24.3 Å². The molecule has 0 bridgehead atoms. The van der Waals surface area contributed by atoms with Gasteiger partial charge >= 0.3 is 5.97 Å². The summed E-state index contributed by atoms with van der Waals surface area (Å²) in [6.45, 7) is 0.568. The van der Waals surface area contributed by atoms with Crippen LogP contribution >= 0.6 is 34.2 Å². The van der Waals surface area contributed by atoms with Crippen molar-refractivity contribution in [3.05, 3.63) is 62.2 Å². The van der Waals surface area contributed by atoms with Gasteiger partial charge in [0.2, 0.25) is 0 Å². The third-order valence-electron chi connectivity index (χ3n) is 2.61. The first kappa shape index (κ1) is 14.1. The summed E-state index contributed by atoms with van der Waals surface area (Å²) in [4.78, 5) is 11.1. The standard InChI is InChI=1S/C14H11ClINO2/c15-10-3-6-13(12(7-10)14(18)19)17-8-9-1-4-11(16)5-2-9/h1-7,17H,8H2,(H,18,19). The number of rotatable bonds is 4. The lowest BCUT2D eigenvalue weighted by molar-refractivity contribution is 0.0698. The van der Waals surface area contributed by atoms with Gasteiger partial charge in [-0.3, -0.25) is 0 Å². The molecule has 0 atom stereocenters. The Morgan fingerprint density at radius 1 is 1.21 bits per heavy atom. The van der Waals surface area contributed by atoms with Crippen molar-refractivity contribution in [1.82, 2.24) is 0 Å². The molecule has 98 valence electrons. The van der Waals surface area contributed by atoms with E-state index in [1.54, 1.807) is 12.1 Å². The number of carboxylic acids is 1. The van der Waals surface area contributed by atoms with Crippen molar-refractivity contribution in [2.24, 2.45) is 0 Å². The van der Waals surface area contributed by atoms with Crippen LogP contribution in [0.15, 0.2) is 42.5 Å². The SMILES string of the molecule is O=C(O)c1cc(Cl)ccc1NCc1ccc(I)cc1. The summed E-state index contributed by atoms with van der Waals surface area (Å²) in [5.41, 5.74) is 1.83. The number of carboxylic acid groups (broad SMARTS) is 1. The fraction of sp³-hybridized carbons (Fsp3) is 0.0714. The Bertz CT molecular complexity index is 599. The second-order valence-corrected chi connectivity index (χ2v) is 5.66. The lowest BCUT2D eigenvalue weighted by Gasteiger charge is -2.10. The van der Waals surface area contributed by atoms with Crippen molar-refractivity contribution in [2.45, 2.75) is 6.54 Å². The lowest BCUT2D eigenvalue weighted by atomic mass is 10.1. The molecular formula is C14H11ClINO2. The highest BCUT2D eigenvalue weighted by Crippen LogP contribution is 2.21. The van der Waals surface area contributed by atoms with Gasteiger partial charge in [-0.15, -0.1) is 0 Å². The zero-order valence-electron chi connectivity index (χ0n) is 9.86. The zero-order valence-corrected chi connectivity index (χ0v) is 12.8. The highest BCUT2D eigenvalue weighted by atomic mass is 127. The average molecular weight is 388 g/mol. The van der Waals surface area contributed by atoms with Gasteiger partial charge in [0.05, 0.1) is 5.56 Å². The van der Waals surface area contributed by atoms with Gasteiger partial charge in [0.1, 0.15) is 0 Å². The van der Waals surface area contributed by atoms with Crippen LogP contribution in [0.3, 0.4) is 0 Å². The molecule has 0 aliphatic rings. The number of anilines is 1. The molecule has 5 heteroatoms. The van der Waals surface area contributed by atoms with Crippen LogP contribution < -0.4 is 5.32 Å². The van der Waals surface area contributed by atoms with Gasteiger partial charge in [0.25, 0.3) is 0 Å². The Hall–Kier alpha value is -1.27. The third kappa shape index (κ3) is 3.84. The molecule has 2 aromatic carbocycles. The predicted molar refractivity (Wildman–Crippen MR) is 84.9 cm³/mol. The maximum atomic E-state index is 11.1. The summed E-state index contributed by atoms with van der Waals surface area (Å²) in [7, 11) is 0. The van der Waals surface area contributed by atoms with Crippen LogP contribution in [-0.2, 0) is 6.54 Å². The van der Waals surface area contributed by atoms with Crippen molar-refractivity contribution >= 4 is 45.8 Å². The van der Waals surface area contributed by atoms with Gasteiger partial charge in [0, 0.05) is 20.8 Å². The van der Waals surface area contributed by atoms with E-state index < -0.39 is 5.97 Å². The van der Waals surface area contributed by atoms with Crippen molar-refractivity contribution < 1.29 is 9.90 Å². The van der Waals surface area contributed by atoms with Crippen LogP contribution in [0.1, 0.15) is 15.9 Å². The molecule has 0 unspecified atom stereocenters. The summed E-state index contributed by atoms with van der Waals surface area (Å²) in [5, 5.41) is 12.7. The maximum absolute atomic E-state index is 11.1. The third-order valence-corrected chi connectivity index (χ3v) is 3.56. The monoisotopic (exact) mass is 387 g/mol. The van der Waals surface area contributed by atoms with E-state index in [-0.39, 0.29) is 5.56 Å². The Balaban J connectivity index is 2.15. The number of aromatic carboxylic acids is 1. The van der Waals surface area contributed by atoms with Crippen LogP contribution in [0.5, 0.6) is 0 Å². The van der Waals surface area contributed by atoms with E-state index in [2.05, 4.69) is 27.9 Å². The van der Waals surface area contributed by atoms with E-state index in [0.29, 0.717) is 17.3 Å². The summed E-state index contributed by atoms with van der Waals surface area (Å²) in [6.07, 6.45) is 0. The Morgan fingerprint density at radius 3 is 2.53 bits per heavy atom. The number of hydrogen-bond donors (Lipinski definition) is 2. The van der Waals surface area contributed by atoms with Gasteiger partial charge in [-0.25, -0.2) is 4.79 Å². The molecule has 0 spiro atoms. The number of halogens is 2. The van der Waals surface area contributed by atoms with E-state index in [9.17, 15) is 4.79 Å². The molecule has 2 rings (SSSR count). The zero-order chi connectivity index (χ0) is 13.8. The molecule has 2 aromatic rings. The fourth-order valence-electron chi connectivity index (χ4n) is 1.65. The molecule has 2 N–H and O–H groups in total. The van der Waals surface area contributed by atoms with E-state index in [4.69, 9.17) is 16.7 Å². The minimum absolute atomic E-state index is 0.179. The Kier molecular flexibility index (Phi) is 4.66. The van der Waals surface area contributed by atoms with Crippen LogP contribution in [0.2, 0.25) is 5.02 Å². The summed E-state index contributed by atoms with van der Waals surface area (Å²) in [6, 6.07) is 12.8. The van der Waals surface area contributed by atoms with Crippen LogP contribution in [0.25, 0.3) is 0 Å². The van der Waals surface area contributed by atoms with E-state index in [1.165, 1.54) is 9.64 Å². The van der Waals surface area contributed by atoms with Crippen LogP contribution in [0, 0.1) is 3.57 Å². The van der Waals surface area contributed by atoms with Gasteiger partial charge in [-0.2, -0.15) is 0 Å². The molecular weight excluding hydrogens is 377 g/mol. The molecule has 0 saturated heterocycles. The Morgan fingerprint density at radius 2 is 1.89 bits per heavy atom. The van der Waals surface area contributed by atoms with Gasteiger partial charge in [-0.1, -0.05) is 23.7 Å². The van der Waals surface area contributed by atoms with Gasteiger partial charge < -0.3 is 10.4 Å². The quantitative estimate of drug-likeness (QED) is 0.771. The molecule has 0 fully saturated rings. The second-order valence-electron chi connectivity index (χ2n) is 3.98. The van der Waals surface area contributed by atoms with Crippen LogP contribution in [0.4, 0.5) is 5.69 Å². The first-order chi connectivity index (χ1) is 9.06. The molecule has 3 nitrogen and oxygen atoms in total. The first-order valence-electron chi connectivity index (χ1n) is 5.57. The van der Waals surface area contributed by atoms with E-state index in [0.717, 1.165) is 5.56 Å². The minimum atomic E-state index is -0.993. The smallest absolute Gasteiger partial charge is 0.337 e. The largest absolute Gasteiger partial charge is 0.478 e. The van der Waals surface area contributed by atoms with Crippen LogP contribution in [-0.4, -0.2) is 11.1 Å². The topological polar surface area (TPSA) is 49.3 Å². The van der Waals surface area contributed by atoms with Crippen molar-refractivity contribution in [3.8, 4) is 0 Å². The molecule has 0 aliphatic carbocycles. The molecule has 19 heavy (non-hydrogen) atoms. The van der Waals surface area contributed by atoms with E-state index >= 15 is 0 Å². The molecule has 0 aliphatic heterocycles. The van der Waals surface area contributed by atoms with Crippen molar-refractivity contribution in [1.29, 1.82) is 0 Å². The second kappa shape index (κ2) is 6.25. The van der Waals surface area contributed by atoms with Gasteiger partial charge in [0.15, 0.2) is 0 Å². The molecule has 0 saturated carbocycles. The number of carbonyl (C=O) groups is 1. The molecule has 0 amide bonds. The number of hydrogen-bond acceptors (Lipinski definition) is 2. The molecule has 0 radical (unpaired) electrons. The first-order valence-corrected chi connectivity index (χ1v) is 7.03. The fourth-order valence-corrected chi connectivity index (χ4v) is 2.18.